The molecule has 0 bridgehead atoms. The predicted octanol–water partition coefficient (Wildman–Crippen LogP) is 4.72. The standard InChI is InChI=1S/C23H26Cl2F3N3O4S/c1-4-10-29-22(33)15(2)30(13-16-8-9-19(24)20(25)11-16)21(32)14-31(36(3,34)35)18-7-5-6-17(12-18)23(26,27)28/h5-9,11-12,15H,4,10,13-14H2,1-3H3,(H,29,33)/t15-/m0/s1. The first-order chi connectivity index (χ1) is 16.6. The van der Waals surface area contributed by atoms with Gasteiger partial charge in [-0.25, -0.2) is 8.42 Å². The van der Waals surface area contributed by atoms with Crippen LogP contribution in [0.15, 0.2) is 42.5 Å². The number of sulfonamides is 1. The van der Waals surface area contributed by atoms with Crippen molar-refractivity contribution in [3.63, 3.8) is 0 Å². The summed E-state index contributed by atoms with van der Waals surface area (Å²) in [7, 11) is -4.17. The number of carbonyl (C=O) groups is 2. The molecule has 13 heteroatoms. The van der Waals surface area contributed by atoms with Gasteiger partial charge in [0.15, 0.2) is 0 Å². The van der Waals surface area contributed by atoms with Crippen LogP contribution in [0.5, 0.6) is 0 Å². The van der Waals surface area contributed by atoms with Gasteiger partial charge in [-0.3, -0.25) is 13.9 Å². The molecule has 2 aromatic rings. The first-order valence-corrected chi connectivity index (χ1v) is 13.4. The molecule has 2 aromatic carbocycles. The number of nitrogens with zero attached hydrogens (tertiary/aromatic N) is 2. The Balaban J connectivity index is 2.45. The number of halogens is 5. The van der Waals surface area contributed by atoms with E-state index in [4.69, 9.17) is 23.2 Å². The van der Waals surface area contributed by atoms with Crippen molar-refractivity contribution in [1.29, 1.82) is 0 Å². The van der Waals surface area contributed by atoms with Crippen molar-refractivity contribution in [1.82, 2.24) is 10.2 Å². The molecule has 2 rings (SSSR count). The fraction of sp³-hybridized carbons (Fsp3) is 0.391. The van der Waals surface area contributed by atoms with Crippen LogP contribution in [0.3, 0.4) is 0 Å². The van der Waals surface area contributed by atoms with E-state index in [1.54, 1.807) is 6.07 Å². The van der Waals surface area contributed by atoms with Crippen molar-refractivity contribution in [2.24, 2.45) is 0 Å². The maximum absolute atomic E-state index is 13.4. The molecule has 0 spiro atoms. The second-order valence-corrected chi connectivity index (χ2v) is 10.8. The smallest absolute Gasteiger partial charge is 0.354 e. The molecule has 0 fully saturated rings. The Hall–Kier alpha value is -2.50. The molecule has 7 nitrogen and oxygen atoms in total. The minimum atomic E-state index is -4.71. The molecule has 36 heavy (non-hydrogen) atoms. The van der Waals surface area contributed by atoms with E-state index in [-0.39, 0.29) is 22.3 Å². The van der Waals surface area contributed by atoms with Crippen LogP contribution < -0.4 is 9.62 Å². The molecule has 0 unspecified atom stereocenters. The highest BCUT2D eigenvalue weighted by molar-refractivity contribution is 7.92. The van der Waals surface area contributed by atoms with E-state index in [2.05, 4.69) is 5.32 Å². The fourth-order valence-electron chi connectivity index (χ4n) is 3.26. The lowest BCUT2D eigenvalue weighted by Crippen LogP contribution is -2.51. The second-order valence-electron chi connectivity index (χ2n) is 8.05. The zero-order valence-corrected chi connectivity index (χ0v) is 22.1. The minimum absolute atomic E-state index is 0.128. The van der Waals surface area contributed by atoms with Crippen molar-refractivity contribution in [3.05, 3.63) is 63.6 Å². The number of amides is 2. The van der Waals surface area contributed by atoms with E-state index in [1.807, 2.05) is 6.92 Å². The summed E-state index contributed by atoms with van der Waals surface area (Å²) in [5.74, 6) is -1.28. The quantitative estimate of drug-likeness (QED) is 0.450. The van der Waals surface area contributed by atoms with Crippen molar-refractivity contribution in [2.75, 3.05) is 23.7 Å². The molecule has 0 heterocycles. The van der Waals surface area contributed by atoms with Gasteiger partial charge in [-0.15, -0.1) is 0 Å². The van der Waals surface area contributed by atoms with E-state index < -0.39 is 46.2 Å². The first kappa shape index (κ1) is 29.7. The SMILES string of the molecule is CCCNC(=O)[C@H](C)N(Cc1ccc(Cl)c(Cl)c1)C(=O)CN(c1cccc(C(F)(F)F)c1)S(C)(=O)=O. The fourth-order valence-corrected chi connectivity index (χ4v) is 4.43. The van der Waals surface area contributed by atoms with Crippen LogP contribution >= 0.6 is 23.2 Å². The number of benzene rings is 2. The van der Waals surface area contributed by atoms with E-state index in [9.17, 15) is 31.2 Å². The molecular formula is C23H26Cl2F3N3O4S. The number of nitrogens with one attached hydrogen (secondary N) is 1. The highest BCUT2D eigenvalue weighted by atomic mass is 35.5. The molecule has 0 aliphatic carbocycles. The topological polar surface area (TPSA) is 86.8 Å². The van der Waals surface area contributed by atoms with Crippen molar-refractivity contribution in [2.45, 2.75) is 39.0 Å². The third-order valence-electron chi connectivity index (χ3n) is 5.19. The molecular weight excluding hydrogens is 542 g/mol. The number of anilines is 1. The molecule has 1 atom stereocenters. The van der Waals surface area contributed by atoms with Gasteiger partial charge in [-0.1, -0.05) is 42.3 Å². The van der Waals surface area contributed by atoms with Crippen LogP contribution in [-0.4, -0.2) is 50.5 Å². The Morgan fingerprint density at radius 3 is 2.31 bits per heavy atom. The zero-order chi connectivity index (χ0) is 27.3. The highest BCUT2D eigenvalue weighted by Gasteiger charge is 2.33. The molecule has 0 aliphatic heterocycles. The summed E-state index contributed by atoms with van der Waals surface area (Å²) in [5.41, 5.74) is -0.891. The van der Waals surface area contributed by atoms with Crippen molar-refractivity contribution < 1.29 is 31.2 Å². The maximum Gasteiger partial charge on any atom is 0.416 e. The van der Waals surface area contributed by atoms with Crippen LogP contribution in [0.25, 0.3) is 0 Å². The van der Waals surface area contributed by atoms with Crippen LogP contribution in [0.4, 0.5) is 18.9 Å². The lowest BCUT2D eigenvalue weighted by Gasteiger charge is -2.31. The highest BCUT2D eigenvalue weighted by Crippen LogP contribution is 2.32. The van der Waals surface area contributed by atoms with Gasteiger partial charge >= 0.3 is 6.18 Å². The van der Waals surface area contributed by atoms with E-state index in [0.717, 1.165) is 29.4 Å². The lowest BCUT2D eigenvalue weighted by molar-refractivity contribution is -0.139. The van der Waals surface area contributed by atoms with E-state index >= 15 is 0 Å². The molecule has 0 aromatic heterocycles. The van der Waals surface area contributed by atoms with Crippen molar-refractivity contribution >= 4 is 50.7 Å². The van der Waals surface area contributed by atoms with Crippen LogP contribution in [0, 0.1) is 0 Å². The normalized spacial score (nSPS) is 12.7. The summed E-state index contributed by atoms with van der Waals surface area (Å²) < 4.78 is 65.2. The second kappa shape index (κ2) is 12.2. The van der Waals surface area contributed by atoms with Crippen LogP contribution in [-0.2, 0) is 32.3 Å². The summed E-state index contributed by atoms with van der Waals surface area (Å²) in [5, 5.41) is 3.17. The van der Waals surface area contributed by atoms with Gasteiger partial charge in [-0.2, -0.15) is 13.2 Å². The molecule has 0 saturated heterocycles. The number of rotatable bonds is 10. The Kier molecular flexibility index (Phi) is 10.0. The van der Waals surface area contributed by atoms with Gasteiger partial charge in [0.1, 0.15) is 12.6 Å². The zero-order valence-electron chi connectivity index (χ0n) is 19.8. The molecule has 1 N–H and O–H groups in total. The van der Waals surface area contributed by atoms with E-state index in [1.165, 1.54) is 19.1 Å². The van der Waals surface area contributed by atoms with Gasteiger partial charge < -0.3 is 10.2 Å². The summed E-state index contributed by atoms with van der Waals surface area (Å²) >= 11 is 12.0. The minimum Gasteiger partial charge on any atom is -0.354 e. The number of hydrogen-bond donors (Lipinski definition) is 1. The van der Waals surface area contributed by atoms with Gasteiger partial charge in [-0.05, 0) is 49.2 Å². The summed E-state index contributed by atoms with van der Waals surface area (Å²) in [6.45, 7) is 2.72. The Bertz CT molecular complexity index is 1210. The largest absolute Gasteiger partial charge is 0.416 e. The average molecular weight is 568 g/mol. The van der Waals surface area contributed by atoms with Gasteiger partial charge in [0, 0.05) is 13.1 Å². The van der Waals surface area contributed by atoms with Gasteiger partial charge in [0.2, 0.25) is 21.8 Å². The summed E-state index contributed by atoms with van der Waals surface area (Å²) in [4.78, 5) is 27.2. The van der Waals surface area contributed by atoms with Crippen LogP contribution in [0.2, 0.25) is 10.0 Å². The summed E-state index contributed by atoms with van der Waals surface area (Å²) in [6.07, 6.45) is -3.28. The molecule has 2 amide bonds. The Morgan fingerprint density at radius 2 is 1.75 bits per heavy atom. The van der Waals surface area contributed by atoms with Gasteiger partial charge in [0.05, 0.1) is 27.6 Å². The third kappa shape index (κ3) is 8.01. The maximum atomic E-state index is 13.4. The van der Waals surface area contributed by atoms with Gasteiger partial charge in [0.25, 0.3) is 0 Å². The summed E-state index contributed by atoms with van der Waals surface area (Å²) in [6, 6.07) is 7.22. The molecule has 0 saturated carbocycles. The lowest BCUT2D eigenvalue weighted by atomic mass is 10.1. The Labute approximate surface area is 218 Å². The predicted molar refractivity (Wildman–Crippen MR) is 133 cm³/mol. The number of alkyl halides is 3. The number of carbonyl (C=O) groups excluding carboxylic acids is 2. The Morgan fingerprint density at radius 1 is 1.08 bits per heavy atom. The third-order valence-corrected chi connectivity index (χ3v) is 7.07. The van der Waals surface area contributed by atoms with Crippen molar-refractivity contribution in [3.8, 4) is 0 Å². The molecule has 0 radical (unpaired) electrons. The first-order valence-electron chi connectivity index (χ1n) is 10.8. The molecule has 0 aliphatic rings. The van der Waals surface area contributed by atoms with E-state index in [0.29, 0.717) is 28.9 Å². The van der Waals surface area contributed by atoms with Crippen LogP contribution in [0.1, 0.15) is 31.4 Å². The molecule has 198 valence electrons. The average Bonchev–Trinajstić information content (AvgIpc) is 2.79. The number of hydrogen-bond acceptors (Lipinski definition) is 4. The monoisotopic (exact) mass is 567 g/mol.